The minimum Gasteiger partial charge on any atom is -0.497 e. The molecule has 0 saturated carbocycles. The predicted octanol–water partition coefficient (Wildman–Crippen LogP) is 2.89. The van der Waals surface area contributed by atoms with Crippen LogP contribution in [0.15, 0.2) is 53.1 Å². The highest BCUT2D eigenvalue weighted by Gasteiger charge is 2.26. The molecule has 2 amide bonds. The molecule has 0 atom stereocenters. The van der Waals surface area contributed by atoms with E-state index in [1.54, 1.807) is 31.6 Å². The number of methoxy groups -OCH3 is 1. The zero-order chi connectivity index (χ0) is 21.6. The number of carbonyl (C=O) groups is 2. The smallest absolute Gasteiger partial charge is 0.272 e. The number of rotatable bonds is 7. The number of hydrogen-bond donors (Lipinski definition) is 2. The van der Waals surface area contributed by atoms with Crippen molar-refractivity contribution < 1.29 is 18.7 Å². The highest BCUT2D eigenvalue weighted by Crippen LogP contribution is 2.27. The van der Waals surface area contributed by atoms with Crippen molar-refractivity contribution in [2.75, 3.05) is 20.2 Å². The second kappa shape index (κ2) is 9.51. The van der Waals surface area contributed by atoms with E-state index < -0.39 is 0 Å². The maximum atomic E-state index is 12.7. The van der Waals surface area contributed by atoms with Crippen LogP contribution in [-0.4, -0.2) is 47.1 Å². The monoisotopic (exact) mass is 422 g/mol. The standard InChI is InChI=1S/C23H26N4O4/c1-30-18-5-2-4-16(12-18)13-22(28)27-9-7-17(8-10-27)20-14-21(26-25-20)23(29)24-15-19-6-3-11-31-19/h2-6,11-12,14,17H,7-10,13,15H2,1H3,(H,24,29)(H,25,26). The van der Waals surface area contributed by atoms with Gasteiger partial charge in [0.25, 0.3) is 5.91 Å². The SMILES string of the molecule is COc1cccc(CC(=O)N2CCC(c3cc(C(=O)NCc4ccco4)n[nH]3)CC2)c1. The van der Waals surface area contributed by atoms with E-state index in [9.17, 15) is 9.59 Å². The Labute approximate surface area is 180 Å². The van der Waals surface area contributed by atoms with Crippen LogP contribution in [-0.2, 0) is 17.8 Å². The fraction of sp³-hybridized carbons (Fsp3) is 0.348. The lowest BCUT2D eigenvalue weighted by Crippen LogP contribution is -2.38. The van der Waals surface area contributed by atoms with Gasteiger partial charge in [-0.3, -0.25) is 14.7 Å². The van der Waals surface area contributed by atoms with Crippen LogP contribution in [0, 0.1) is 0 Å². The molecule has 3 heterocycles. The Kier molecular flexibility index (Phi) is 6.35. The van der Waals surface area contributed by atoms with Crippen molar-refractivity contribution in [2.24, 2.45) is 0 Å². The maximum absolute atomic E-state index is 12.7. The van der Waals surface area contributed by atoms with E-state index in [-0.39, 0.29) is 17.7 Å². The number of benzene rings is 1. The number of amides is 2. The molecule has 1 aromatic carbocycles. The first-order valence-electron chi connectivity index (χ1n) is 10.4. The van der Waals surface area contributed by atoms with Crippen LogP contribution in [0.25, 0.3) is 0 Å². The number of likely N-dealkylation sites (tertiary alicyclic amines) is 1. The van der Waals surface area contributed by atoms with E-state index in [0.29, 0.717) is 37.5 Å². The van der Waals surface area contributed by atoms with Gasteiger partial charge in [-0.15, -0.1) is 0 Å². The number of hydrogen-bond acceptors (Lipinski definition) is 5. The van der Waals surface area contributed by atoms with Gasteiger partial charge >= 0.3 is 0 Å². The molecule has 1 fully saturated rings. The van der Waals surface area contributed by atoms with Crippen molar-refractivity contribution in [2.45, 2.75) is 31.7 Å². The van der Waals surface area contributed by atoms with Gasteiger partial charge in [0, 0.05) is 24.7 Å². The molecular weight excluding hydrogens is 396 g/mol. The largest absolute Gasteiger partial charge is 0.497 e. The van der Waals surface area contributed by atoms with Crippen LogP contribution in [0.5, 0.6) is 5.75 Å². The van der Waals surface area contributed by atoms with Crippen molar-refractivity contribution in [3.63, 3.8) is 0 Å². The van der Waals surface area contributed by atoms with E-state index in [1.807, 2.05) is 29.2 Å². The zero-order valence-corrected chi connectivity index (χ0v) is 17.5. The summed E-state index contributed by atoms with van der Waals surface area (Å²) in [6.07, 6.45) is 3.60. The van der Waals surface area contributed by atoms with Gasteiger partial charge in [-0.25, -0.2) is 0 Å². The van der Waals surface area contributed by atoms with E-state index in [4.69, 9.17) is 9.15 Å². The Morgan fingerprint density at radius 3 is 2.81 bits per heavy atom. The normalized spacial score (nSPS) is 14.4. The number of nitrogens with one attached hydrogen (secondary N) is 2. The van der Waals surface area contributed by atoms with E-state index in [0.717, 1.165) is 29.8 Å². The number of H-pyrrole nitrogens is 1. The lowest BCUT2D eigenvalue weighted by molar-refractivity contribution is -0.131. The Bertz CT molecular complexity index is 1020. The van der Waals surface area contributed by atoms with Crippen molar-refractivity contribution in [3.8, 4) is 5.75 Å². The number of nitrogens with zero attached hydrogens (tertiary/aromatic N) is 2. The summed E-state index contributed by atoms with van der Waals surface area (Å²) in [6, 6.07) is 13.0. The van der Waals surface area contributed by atoms with Gasteiger partial charge in [0.15, 0.2) is 0 Å². The Balaban J connectivity index is 1.27. The lowest BCUT2D eigenvalue weighted by Gasteiger charge is -2.31. The van der Waals surface area contributed by atoms with Crippen LogP contribution in [0.4, 0.5) is 0 Å². The molecular formula is C23H26N4O4. The Morgan fingerprint density at radius 2 is 2.06 bits per heavy atom. The van der Waals surface area contributed by atoms with Crippen molar-refractivity contribution >= 4 is 11.8 Å². The second-order valence-corrected chi connectivity index (χ2v) is 7.65. The van der Waals surface area contributed by atoms with Gasteiger partial charge in [-0.05, 0) is 48.7 Å². The third kappa shape index (κ3) is 5.14. The van der Waals surface area contributed by atoms with Crippen LogP contribution in [0.1, 0.15) is 46.3 Å². The van der Waals surface area contributed by atoms with Crippen molar-refractivity contribution in [1.82, 2.24) is 20.4 Å². The highest BCUT2D eigenvalue weighted by atomic mass is 16.5. The molecule has 0 aliphatic carbocycles. The molecule has 0 unspecified atom stereocenters. The third-order valence-corrected chi connectivity index (χ3v) is 5.61. The summed E-state index contributed by atoms with van der Waals surface area (Å²) in [7, 11) is 1.62. The topological polar surface area (TPSA) is 100 Å². The van der Waals surface area contributed by atoms with Gasteiger partial charge < -0.3 is 19.4 Å². The van der Waals surface area contributed by atoms with Crippen LogP contribution < -0.4 is 10.1 Å². The average Bonchev–Trinajstić information content (AvgIpc) is 3.50. The fourth-order valence-corrected chi connectivity index (χ4v) is 3.84. The quantitative estimate of drug-likeness (QED) is 0.610. The lowest BCUT2D eigenvalue weighted by atomic mass is 9.93. The van der Waals surface area contributed by atoms with Crippen LogP contribution >= 0.6 is 0 Å². The zero-order valence-electron chi connectivity index (χ0n) is 17.5. The predicted molar refractivity (Wildman–Crippen MR) is 114 cm³/mol. The number of furan rings is 1. The summed E-state index contributed by atoms with van der Waals surface area (Å²) in [5.41, 5.74) is 2.24. The molecule has 8 heteroatoms. The summed E-state index contributed by atoms with van der Waals surface area (Å²) in [5, 5.41) is 9.95. The minimum absolute atomic E-state index is 0.120. The molecule has 0 bridgehead atoms. The van der Waals surface area contributed by atoms with Gasteiger partial charge in [0.1, 0.15) is 17.2 Å². The molecule has 1 saturated heterocycles. The van der Waals surface area contributed by atoms with Gasteiger partial charge in [-0.1, -0.05) is 12.1 Å². The second-order valence-electron chi connectivity index (χ2n) is 7.65. The molecule has 0 radical (unpaired) electrons. The van der Waals surface area contributed by atoms with E-state index in [1.165, 1.54) is 0 Å². The van der Waals surface area contributed by atoms with Crippen molar-refractivity contribution in [3.05, 3.63) is 71.4 Å². The summed E-state index contributed by atoms with van der Waals surface area (Å²) in [6.45, 7) is 1.70. The van der Waals surface area contributed by atoms with Gasteiger partial charge in [-0.2, -0.15) is 5.10 Å². The fourth-order valence-electron chi connectivity index (χ4n) is 3.84. The molecule has 31 heavy (non-hydrogen) atoms. The first-order chi connectivity index (χ1) is 15.1. The molecule has 1 aliphatic heterocycles. The number of ether oxygens (including phenoxy) is 1. The molecule has 2 N–H and O–H groups in total. The molecule has 0 spiro atoms. The van der Waals surface area contributed by atoms with Crippen LogP contribution in [0.2, 0.25) is 0 Å². The van der Waals surface area contributed by atoms with Crippen LogP contribution in [0.3, 0.4) is 0 Å². The summed E-state index contributed by atoms with van der Waals surface area (Å²) < 4.78 is 10.4. The average molecular weight is 422 g/mol. The van der Waals surface area contributed by atoms with E-state index in [2.05, 4.69) is 15.5 Å². The third-order valence-electron chi connectivity index (χ3n) is 5.61. The first-order valence-corrected chi connectivity index (χ1v) is 10.4. The maximum Gasteiger partial charge on any atom is 0.272 e. The Hall–Kier alpha value is -3.55. The van der Waals surface area contributed by atoms with Crippen molar-refractivity contribution in [1.29, 1.82) is 0 Å². The minimum atomic E-state index is -0.246. The summed E-state index contributed by atoms with van der Waals surface area (Å²) >= 11 is 0. The number of aromatic amines is 1. The van der Waals surface area contributed by atoms with E-state index >= 15 is 0 Å². The molecule has 2 aromatic heterocycles. The molecule has 162 valence electrons. The molecule has 4 rings (SSSR count). The number of aromatic nitrogens is 2. The van der Waals surface area contributed by atoms with Gasteiger partial charge in [0.05, 0.1) is 26.3 Å². The molecule has 8 nitrogen and oxygen atoms in total. The first kappa shape index (κ1) is 20.7. The number of carbonyl (C=O) groups excluding carboxylic acids is 2. The molecule has 1 aliphatic rings. The summed E-state index contributed by atoms with van der Waals surface area (Å²) in [4.78, 5) is 26.9. The molecule has 3 aromatic rings. The van der Waals surface area contributed by atoms with Gasteiger partial charge in [0.2, 0.25) is 5.91 Å². The number of piperidine rings is 1. The Morgan fingerprint density at radius 1 is 1.23 bits per heavy atom. The summed E-state index contributed by atoms with van der Waals surface area (Å²) in [5.74, 6) is 1.57. The highest BCUT2D eigenvalue weighted by molar-refractivity contribution is 5.92.